The molecule has 2 saturated heterocycles. The lowest BCUT2D eigenvalue weighted by atomic mass is 9.84. The van der Waals surface area contributed by atoms with Crippen LogP contribution in [0.25, 0.3) is 0 Å². The van der Waals surface area contributed by atoms with Crippen molar-refractivity contribution in [3.63, 3.8) is 0 Å². The summed E-state index contributed by atoms with van der Waals surface area (Å²) in [6.07, 6.45) is -1.42. The summed E-state index contributed by atoms with van der Waals surface area (Å²) in [6, 6.07) is 3.93. The fourth-order valence-corrected chi connectivity index (χ4v) is 6.52. The predicted molar refractivity (Wildman–Crippen MR) is 138 cm³/mol. The van der Waals surface area contributed by atoms with E-state index in [9.17, 15) is 23.1 Å². The number of carbonyl (C=O) groups is 1. The topological polar surface area (TPSA) is 81.6 Å². The molecule has 7 nitrogen and oxygen atoms in total. The molecule has 1 amide bonds. The number of hydrogen-bond donors (Lipinski definition) is 2. The van der Waals surface area contributed by atoms with Crippen molar-refractivity contribution in [3.8, 4) is 0 Å². The lowest BCUT2D eigenvalue weighted by Gasteiger charge is -2.39. The van der Waals surface area contributed by atoms with E-state index in [1.807, 2.05) is 0 Å². The van der Waals surface area contributed by atoms with Gasteiger partial charge in [-0.25, -0.2) is 9.97 Å². The van der Waals surface area contributed by atoms with Crippen LogP contribution in [0.2, 0.25) is 0 Å². The zero-order valence-electron chi connectivity index (χ0n) is 22.3. The number of anilines is 1. The summed E-state index contributed by atoms with van der Waals surface area (Å²) in [5.74, 6) is 0.0969. The molecular formula is C28H36F3N5O2. The fourth-order valence-electron chi connectivity index (χ4n) is 6.52. The molecule has 1 aromatic heterocycles. The van der Waals surface area contributed by atoms with Gasteiger partial charge < -0.3 is 20.2 Å². The van der Waals surface area contributed by atoms with Crippen LogP contribution in [0, 0.1) is 6.92 Å². The molecule has 10 heteroatoms. The summed E-state index contributed by atoms with van der Waals surface area (Å²) >= 11 is 0. The van der Waals surface area contributed by atoms with Crippen LogP contribution in [0.3, 0.4) is 0 Å². The third-order valence-corrected chi connectivity index (χ3v) is 8.51. The van der Waals surface area contributed by atoms with Gasteiger partial charge in [0.05, 0.1) is 23.3 Å². The Balaban J connectivity index is 1.40. The molecule has 0 spiro atoms. The van der Waals surface area contributed by atoms with Crippen molar-refractivity contribution < 1.29 is 23.1 Å². The Kier molecular flexibility index (Phi) is 6.92. The predicted octanol–water partition coefficient (Wildman–Crippen LogP) is 4.31. The van der Waals surface area contributed by atoms with Gasteiger partial charge in [-0.2, -0.15) is 13.2 Å². The van der Waals surface area contributed by atoms with Gasteiger partial charge in [0.15, 0.2) is 0 Å². The minimum absolute atomic E-state index is 0.118. The molecule has 2 aromatic rings. The average Bonchev–Trinajstić information content (AvgIpc) is 3.37. The molecule has 206 valence electrons. The van der Waals surface area contributed by atoms with Gasteiger partial charge >= 0.3 is 6.18 Å². The SMILES string of the molecule is Cc1c([C@H](C(=O)N2CCN(c3ncnc4c3[C@H](C)C[C@H]4O)CC2)[C@@H]2CCC(C)(C)N2)cccc1C(F)(F)F. The lowest BCUT2D eigenvalue weighted by molar-refractivity contribution is -0.138. The zero-order chi connectivity index (χ0) is 27.4. The van der Waals surface area contributed by atoms with Crippen LogP contribution in [0.15, 0.2) is 24.5 Å². The molecule has 4 atom stereocenters. The number of amides is 1. The lowest BCUT2D eigenvalue weighted by Crippen LogP contribution is -2.53. The van der Waals surface area contributed by atoms with E-state index in [1.165, 1.54) is 19.3 Å². The van der Waals surface area contributed by atoms with Gasteiger partial charge in [-0.15, -0.1) is 0 Å². The van der Waals surface area contributed by atoms with E-state index in [0.29, 0.717) is 50.3 Å². The van der Waals surface area contributed by atoms with E-state index in [-0.39, 0.29) is 29.0 Å². The summed E-state index contributed by atoms with van der Waals surface area (Å²) in [4.78, 5) is 26.8. The Morgan fingerprint density at radius 1 is 1.18 bits per heavy atom. The normalized spacial score (nSPS) is 25.9. The summed E-state index contributed by atoms with van der Waals surface area (Å²) in [7, 11) is 0. The Morgan fingerprint density at radius 3 is 2.53 bits per heavy atom. The molecule has 2 aliphatic heterocycles. The number of halogens is 3. The molecule has 3 aliphatic rings. The number of rotatable bonds is 4. The molecule has 0 saturated carbocycles. The number of hydrogen-bond acceptors (Lipinski definition) is 6. The number of piperazine rings is 1. The highest BCUT2D eigenvalue weighted by atomic mass is 19.4. The Labute approximate surface area is 221 Å². The number of benzene rings is 1. The third kappa shape index (κ3) is 4.88. The van der Waals surface area contributed by atoms with Crippen LogP contribution in [0.4, 0.5) is 19.0 Å². The molecule has 3 heterocycles. The number of aliphatic hydroxyl groups is 1. The first kappa shape index (κ1) is 26.9. The minimum Gasteiger partial charge on any atom is -0.387 e. The van der Waals surface area contributed by atoms with Crippen molar-refractivity contribution >= 4 is 11.7 Å². The molecule has 5 rings (SSSR count). The highest BCUT2D eigenvalue weighted by Crippen LogP contribution is 2.43. The van der Waals surface area contributed by atoms with E-state index in [0.717, 1.165) is 23.9 Å². The van der Waals surface area contributed by atoms with Crippen molar-refractivity contribution in [2.75, 3.05) is 31.1 Å². The zero-order valence-corrected chi connectivity index (χ0v) is 22.3. The Bertz CT molecular complexity index is 1210. The third-order valence-electron chi connectivity index (χ3n) is 8.51. The Hall–Kier alpha value is -2.72. The highest BCUT2D eigenvalue weighted by molar-refractivity contribution is 5.85. The van der Waals surface area contributed by atoms with E-state index in [1.54, 1.807) is 11.0 Å². The molecule has 2 N–H and O–H groups in total. The van der Waals surface area contributed by atoms with Gasteiger partial charge in [0.25, 0.3) is 0 Å². The molecule has 38 heavy (non-hydrogen) atoms. The highest BCUT2D eigenvalue weighted by Gasteiger charge is 2.43. The van der Waals surface area contributed by atoms with E-state index < -0.39 is 23.8 Å². The monoisotopic (exact) mass is 531 g/mol. The maximum atomic E-state index is 14.1. The first-order valence-electron chi connectivity index (χ1n) is 13.4. The second kappa shape index (κ2) is 9.79. The maximum absolute atomic E-state index is 14.1. The molecule has 0 radical (unpaired) electrons. The minimum atomic E-state index is -4.48. The van der Waals surface area contributed by atoms with E-state index in [2.05, 4.69) is 41.0 Å². The number of fused-ring (bicyclic) bond motifs is 1. The molecule has 2 fully saturated rings. The molecular weight excluding hydrogens is 495 g/mol. The number of aliphatic hydroxyl groups excluding tert-OH is 1. The molecule has 1 aromatic carbocycles. The van der Waals surface area contributed by atoms with Gasteiger partial charge in [-0.05, 0) is 63.1 Å². The first-order chi connectivity index (χ1) is 17.9. The largest absolute Gasteiger partial charge is 0.416 e. The fraction of sp³-hybridized carbons (Fsp3) is 0.607. The second-order valence-electron chi connectivity index (χ2n) is 11.6. The molecule has 0 bridgehead atoms. The molecule has 1 aliphatic carbocycles. The number of nitrogens with one attached hydrogen (secondary N) is 1. The standard InChI is InChI=1S/C28H36F3N5O2/c1-16-14-21(37)24-22(16)25(33-15-32-24)35-10-12-36(13-11-35)26(38)23(20-8-9-27(3,4)34-20)18-6-5-7-19(17(18)2)28(29,30)31/h5-7,15-16,20-21,23,34,37H,8-14H2,1-4H3/t16-,20+,21-,23+/m1/s1. The van der Waals surface area contributed by atoms with Crippen molar-refractivity contribution in [1.82, 2.24) is 20.2 Å². The van der Waals surface area contributed by atoms with Gasteiger partial charge in [0.2, 0.25) is 5.91 Å². The van der Waals surface area contributed by atoms with Crippen molar-refractivity contribution in [1.29, 1.82) is 0 Å². The number of aromatic nitrogens is 2. The summed E-state index contributed by atoms with van der Waals surface area (Å²) in [5, 5.41) is 13.9. The quantitative estimate of drug-likeness (QED) is 0.612. The van der Waals surface area contributed by atoms with Crippen LogP contribution >= 0.6 is 0 Å². The van der Waals surface area contributed by atoms with Crippen LogP contribution in [0.1, 0.15) is 85.9 Å². The van der Waals surface area contributed by atoms with Gasteiger partial charge in [-0.3, -0.25) is 4.79 Å². The van der Waals surface area contributed by atoms with Crippen LogP contribution < -0.4 is 10.2 Å². The van der Waals surface area contributed by atoms with E-state index in [4.69, 9.17) is 0 Å². The van der Waals surface area contributed by atoms with Crippen LogP contribution in [0.5, 0.6) is 0 Å². The van der Waals surface area contributed by atoms with Gasteiger partial charge in [0.1, 0.15) is 12.1 Å². The van der Waals surface area contributed by atoms with Crippen LogP contribution in [-0.4, -0.2) is 63.6 Å². The smallest absolute Gasteiger partial charge is 0.387 e. The van der Waals surface area contributed by atoms with Crippen molar-refractivity contribution in [2.24, 2.45) is 0 Å². The summed E-state index contributed by atoms with van der Waals surface area (Å²) in [5.41, 5.74) is 1.33. The maximum Gasteiger partial charge on any atom is 0.416 e. The average molecular weight is 532 g/mol. The summed E-state index contributed by atoms with van der Waals surface area (Å²) < 4.78 is 41.3. The number of alkyl halides is 3. The first-order valence-corrected chi connectivity index (χ1v) is 13.4. The van der Waals surface area contributed by atoms with Crippen molar-refractivity contribution in [3.05, 3.63) is 52.5 Å². The summed E-state index contributed by atoms with van der Waals surface area (Å²) in [6.45, 7) is 9.64. The van der Waals surface area contributed by atoms with Gasteiger partial charge in [-0.1, -0.05) is 19.1 Å². The second-order valence-corrected chi connectivity index (χ2v) is 11.6. The van der Waals surface area contributed by atoms with Gasteiger partial charge in [0, 0.05) is 43.3 Å². The number of nitrogens with zero attached hydrogens (tertiary/aromatic N) is 4. The van der Waals surface area contributed by atoms with Crippen molar-refractivity contribution in [2.45, 2.75) is 82.7 Å². The Morgan fingerprint density at radius 2 is 1.89 bits per heavy atom. The molecule has 0 unspecified atom stereocenters. The number of carbonyl (C=O) groups excluding carboxylic acids is 1. The van der Waals surface area contributed by atoms with E-state index >= 15 is 0 Å². The van der Waals surface area contributed by atoms with Crippen LogP contribution in [-0.2, 0) is 11.0 Å².